The van der Waals surface area contributed by atoms with Gasteiger partial charge in [-0.15, -0.1) is 0 Å². The van der Waals surface area contributed by atoms with Crippen LogP contribution in [-0.2, 0) is 0 Å². The molecule has 0 bridgehead atoms. The number of anilines is 1. The number of aromatic nitrogens is 2. The van der Waals surface area contributed by atoms with E-state index in [2.05, 4.69) is 15.3 Å². The Labute approximate surface area is 199 Å². The first-order valence-corrected chi connectivity index (χ1v) is 11.0. The third-order valence-corrected chi connectivity index (χ3v) is 5.97. The van der Waals surface area contributed by atoms with Crippen molar-refractivity contribution in [2.45, 2.75) is 12.5 Å². The van der Waals surface area contributed by atoms with Crippen LogP contribution in [0.5, 0.6) is 5.75 Å². The molecule has 0 radical (unpaired) electrons. The van der Waals surface area contributed by atoms with Crippen LogP contribution >= 0.6 is 0 Å². The number of nitrogens with zero attached hydrogens (tertiary/aromatic N) is 3. The molecule has 1 aliphatic rings. The molecule has 2 aromatic carbocycles. The van der Waals surface area contributed by atoms with Gasteiger partial charge in [0.15, 0.2) is 17.5 Å². The number of hydrogen-bond acceptors (Lipinski definition) is 5. The fourth-order valence-electron chi connectivity index (χ4n) is 4.39. The first-order chi connectivity index (χ1) is 16.8. The summed E-state index contributed by atoms with van der Waals surface area (Å²) >= 11 is 0. The minimum Gasteiger partial charge on any atom is -0.493 e. The first kappa shape index (κ1) is 22.6. The summed E-state index contributed by atoms with van der Waals surface area (Å²) in [7, 11) is 3.57. The van der Waals surface area contributed by atoms with Gasteiger partial charge in [0, 0.05) is 49.4 Å². The van der Waals surface area contributed by atoms with Gasteiger partial charge in [0.2, 0.25) is 0 Å². The number of amides is 1. The van der Waals surface area contributed by atoms with Crippen LogP contribution in [0.15, 0.2) is 54.9 Å². The van der Waals surface area contributed by atoms with Crippen molar-refractivity contribution in [1.82, 2.24) is 15.3 Å². The predicted octanol–water partition coefficient (Wildman–Crippen LogP) is 5.03. The van der Waals surface area contributed by atoms with Crippen molar-refractivity contribution in [2.24, 2.45) is 0 Å². The van der Waals surface area contributed by atoms with Crippen LogP contribution in [0, 0.1) is 17.5 Å². The van der Waals surface area contributed by atoms with Crippen molar-refractivity contribution in [3.05, 3.63) is 83.4 Å². The van der Waals surface area contributed by atoms with E-state index < -0.39 is 17.5 Å². The molecule has 1 atom stereocenters. The van der Waals surface area contributed by atoms with Crippen LogP contribution in [0.3, 0.4) is 0 Å². The third kappa shape index (κ3) is 4.03. The number of benzene rings is 2. The summed E-state index contributed by atoms with van der Waals surface area (Å²) in [6.07, 6.45) is 3.50. The van der Waals surface area contributed by atoms with E-state index >= 15 is 0 Å². The number of para-hydroxylation sites is 1. The Morgan fingerprint density at radius 1 is 1.09 bits per heavy atom. The van der Waals surface area contributed by atoms with Gasteiger partial charge in [-0.2, -0.15) is 0 Å². The minimum absolute atomic E-state index is 0.0419. The average Bonchev–Trinajstić information content (AvgIpc) is 2.86. The van der Waals surface area contributed by atoms with Gasteiger partial charge in [-0.05, 0) is 24.3 Å². The second kappa shape index (κ2) is 8.90. The van der Waals surface area contributed by atoms with E-state index in [0.29, 0.717) is 35.2 Å². The number of carbonyl (C=O) groups excluding carboxylic acids is 1. The van der Waals surface area contributed by atoms with Crippen molar-refractivity contribution in [1.29, 1.82) is 0 Å². The van der Waals surface area contributed by atoms with Gasteiger partial charge < -0.3 is 15.0 Å². The summed E-state index contributed by atoms with van der Waals surface area (Å²) in [5, 5.41) is 3.64. The van der Waals surface area contributed by atoms with Crippen LogP contribution in [-0.4, -0.2) is 36.6 Å². The number of rotatable bonds is 4. The lowest BCUT2D eigenvalue weighted by Crippen LogP contribution is -2.33. The van der Waals surface area contributed by atoms with Gasteiger partial charge in [-0.25, -0.2) is 13.2 Å². The molecule has 1 N–H and O–H groups in total. The predicted molar refractivity (Wildman–Crippen MR) is 126 cm³/mol. The molecule has 0 fully saturated rings. The molecule has 1 amide bonds. The SMILES string of the molecule is CN(C)c1c(C(=O)N[C@H]2CCOc3ccccc32)cnc2c(-c3cc(F)c(F)c(F)c3)nccc12. The van der Waals surface area contributed by atoms with Gasteiger partial charge in [0.25, 0.3) is 5.91 Å². The zero-order valence-electron chi connectivity index (χ0n) is 19.0. The Morgan fingerprint density at radius 3 is 2.57 bits per heavy atom. The molecule has 9 heteroatoms. The number of ether oxygens (including phenoxy) is 1. The Balaban J connectivity index is 1.58. The van der Waals surface area contributed by atoms with Gasteiger partial charge >= 0.3 is 0 Å². The highest BCUT2D eigenvalue weighted by Crippen LogP contribution is 2.35. The van der Waals surface area contributed by atoms with Gasteiger partial charge in [0.1, 0.15) is 5.75 Å². The summed E-state index contributed by atoms with van der Waals surface area (Å²) in [6, 6.07) is 10.8. The Hall–Kier alpha value is -4.14. The number of fused-ring (bicyclic) bond motifs is 2. The fraction of sp³-hybridized carbons (Fsp3) is 0.192. The normalized spacial score (nSPS) is 14.8. The first-order valence-electron chi connectivity index (χ1n) is 11.0. The van der Waals surface area contributed by atoms with Gasteiger partial charge in [-0.1, -0.05) is 18.2 Å². The maximum Gasteiger partial charge on any atom is 0.255 e. The van der Waals surface area contributed by atoms with Crippen molar-refractivity contribution in [3.8, 4) is 17.0 Å². The maximum atomic E-state index is 13.9. The van der Waals surface area contributed by atoms with Crippen molar-refractivity contribution < 1.29 is 22.7 Å². The molecule has 0 saturated carbocycles. The van der Waals surface area contributed by atoms with E-state index in [0.717, 1.165) is 23.4 Å². The molecule has 2 aromatic heterocycles. The second-order valence-corrected chi connectivity index (χ2v) is 8.43. The van der Waals surface area contributed by atoms with Crippen LogP contribution in [0.25, 0.3) is 22.2 Å². The summed E-state index contributed by atoms with van der Waals surface area (Å²) in [6.45, 7) is 0.484. The zero-order valence-corrected chi connectivity index (χ0v) is 19.0. The van der Waals surface area contributed by atoms with Crippen LogP contribution in [0.1, 0.15) is 28.4 Å². The Bertz CT molecular complexity index is 1440. The molecule has 6 nitrogen and oxygen atoms in total. The molecular formula is C26H21F3N4O2. The van der Waals surface area contributed by atoms with Crippen LogP contribution in [0.4, 0.5) is 18.9 Å². The van der Waals surface area contributed by atoms with E-state index in [9.17, 15) is 18.0 Å². The summed E-state index contributed by atoms with van der Waals surface area (Å²) in [4.78, 5) is 23.8. The van der Waals surface area contributed by atoms with Crippen molar-refractivity contribution in [2.75, 3.05) is 25.6 Å². The highest BCUT2D eigenvalue weighted by Gasteiger charge is 2.26. The molecule has 35 heavy (non-hydrogen) atoms. The largest absolute Gasteiger partial charge is 0.493 e. The molecule has 0 saturated heterocycles. The standard InChI is InChI=1S/C26H21F3N4O2/c1-33(2)25-16-7-9-30-23(14-11-18(27)22(29)19(28)12-14)24(16)31-13-17(25)26(34)32-20-8-10-35-21-6-4-3-5-15(20)21/h3-7,9,11-13,20H,8,10H2,1-2H3,(H,32,34)/t20-/m0/s1. The van der Waals surface area contributed by atoms with Crippen molar-refractivity contribution >= 4 is 22.5 Å². The minimum atomic E-state index is -1.55. The van der Waals surface area contributed by atoms with Gasteiger partial charge in [-0.3, -0.25) is 14.8 Å². The van der Waals surface area contributed by atoms with Crippen LogP contribution in [0.2, 0.25) is 0 Å². The second-order valence-electron chi connectivity index (χ2n) is 8.43. The van der Waals surface area contributed by atoms with E-state index in [-0.39, 0.29) is 23.2 Å². The Morgan fingerprint density at radius 2 is 1.83 bits per heavy atom. The zero-order chi connectivity index (χ0) is 24.7. The molecule has 3 heterocycles. The number of pyridine rings is 2. The van der Waals surface area contributed by atoms with E-state index in [4.69, 9.17) is 4.74 Å². The number of nitrogens with one attached hydrogen (secondary N) is 1. The topological polar surface area (TPSA) is 67.4 Å². The van der Waals surface area contributed by atoms with E-state index in [1.165, 1.54) is 12.4 Å². The van der Waals surface area contributed by atoms with E-state index in [1.54, 1.807) is 25.1 Å². The molecule has 178 valence electrons. The fourth-order valence-corrected chi connectivity index (χ4v) is 4.39. The van der Waals surface area contributed by atoms with Gasteiger partial charge in [0.05, 0.1) is 35.1 Å². The lowest BCUT2D eigenvalue weighted by atomic mass is 9.99. The molecule has 1 aliphatic heterocycles. The number of hydrogen-bond donors (Lipinski definition) is 1. The smallest absolute Gasteiger partial charge is 0.255 e. The summed E-state index contributed by atoms with van der Waals surface area (Å²) in [5.41, 5.74) is 2.35. The maximum absolute atomic E-state index is 13.9. The number of halogens is 3. The molecule has 0 unspecified atom stereocenters. The van der Waals surface area contributed by atoms with Crippen LogP contribution < -0.4 is 15.0 Å². The quantitative estimate of drug-likeness (QED) is 0.417. The lowest BCUT2D eigenvalue weighted by Gasteiger charge is -2.27. The van der Waals surface area contributed by atoms with Crippen molar-refractivity contribution in [3.63, 3.8) is 0 Å². The lowest BCUT2D eigenvalue weighted by molar-refractivity contribution is 0.0925. The third-order valence-electron chi connectivity index (χ3n) is 5.97. The summed E-state index contributed by atoms with van der Waals surface area (Å²) < 4.78 is 47.0. The number of carbonyl (C=O) groups is 1. The molecule has 0 spiro atoms. The average molecular weight is 478 g/mol. The highest BCUT2D eigenvalue weighted by atomic mass is 19.2. The monoisotopic (exact) mass is 478 g/mol. The van der Waals surface area contributed by atoms with E-state index in [1.807, 2.05) is 24.3 Å². The molecule has 0 aliphatic carbocycles. The molecular weight excluding hydrogens is 457 g/mol. The Kier molecular flexibility index (Phi) is 5.76. The summed E-state index contributed by atoms with van der Waals surface area (Å²) in [5.74, 6) is -3.77. The molecule has 4 aromatic rings. The highest BCUT2D eigenvalue weighted by molar-refractivity contribution is 6.09. The molecule has 5 rings (SSSR count).